The quantitative estimate of drug-likeness (QED) is 0.790. The van der Waals surface area contributed by atoms with Gasteiger partial charge in [0.15, 0.2) is 0 Å². The highest BCUT2D eigenvalue weighted by Gasteiger charge is 2.50. The summed E-state index contributed by atoms with van der Waals surface area (Å²) in [7, 11) is 0. The van der Waals surface area contributed by atoms with Crippen LogP contribution in [0.1, 0.15) is 47.5 Å². The Morgan fingerprint density at radius 3 is 2.38 bits per heavy atom. The maximum absolute atomic E-state index is 11.8. The van der Waals surface area contributed by atoms with Crippen LogP contribution in [0.4, 0.5) is 0 Å². The van der Waals surface area contributed by atoms with Crippen molar-refractivity contribution in [3.05, 3.63) is 0 Å². The van der Waals surface area contributed by atoms with Crippen molar-refractivity contribution >= 4 is 21.8 Å². The van der Waals surface area contributed by atoms with Gasteiger partial charge >= 0.3 is 0 Å². The van der Waals surface area contributed by atoms with E-state index in [1.165, 1.54) is 0 Å². The molecule has 0 bridgehead atoms. The van der Waals surface area contributed by atoms with Gasteiger partial charge in [0.25, 0.3) is 0 Å². The van der Waals surface area contributed by atoms with Crippen molar-refractivity contribution in [2.75, 3.05) is 6.54 Å². The molecule has 3 heteroatoms. The van der Waals surface area contributed by atoms with Crippen molar-refractivity contribution in [3.8, 4) is 0 Å². The maximum atomic E-state index is 11.8. The van der Waals surface area contributed by atoms with Crippen molar-refractivity contribution < 1.29 is 4.79 Å². The van der Waals surface area contributed by atoms with Crippen molar-refractivity contribution in [1.82, 2.24) is 5.32 Å². The van der Waals surface area contributed by atoms with Crippen molar-refractivity contribution in [2.45, 2.75) is 52.3 Å². The van der Waals surface area contributed by atoms with Gasteiger partial charge in [0.2, 0.25) is 5.91 Å². The van der Waals surface area contributed by atoms with Gasteiger partial charge in [-0.25, -0.2) is 0 Å². The average Bonchev–Trinajstić information content (AvgIpc) is 2.68. The summed E-state index contributed by atoms with van der Waals surface area (Å²) in [6.07, 6.45) is 2.10. The van der Waals surface area contributed by atoms with E-state index in [9.17, 15) is 4.79 Å². The molecular weight excluding hydrogens is 266 g/mol. The minimum Gasteiger partial charge on any atom is -0.355 e. The Morgan fingerprint density at radius 2 is 2.00 bits per heavy atom. The molecule has 0 aliphatic heterocycles. The van der Waals surface area contributed by atoms with Crippen LogP contribution in [0.25, 0.3) is 0 Å². The molecule has 1 N–H and O–H groups in total. The van der Waals surface area contributed by atoms with Crippen LogP contribution < -0.4 is 5.32 Å². The molecule has 2 atom stereocenters. The molecule has 1 rings (SSSR count). The molecular formula is C13H24BrNO. The normalized spacial score (nSPS) is 25.0. The van der Waals surface area contributed by atoms with E-state index in [1.807, 2.05) is 0 Å². The lowest BCUT2D eigenvalue weighted by atomic mass is 9.90. The minimum atomic E-state index is 0.225. The van der Waals surface area contributed by atoms with Crippen molar-refractivity contribution in [1.29, 1.82) is 0 Å². The van der Waals surface area contributed by atoms with Crippen LogP contribution in [0.5, 0.6) is 0 Å². The first-order valence-corrected chi connectivity index (χ1v) is 6.95. The Balaban J connectivity index is 2.23. The highest BCUT2D eigenvalue weighted by Crippen LogP contribution is 2.51. The predicted octanol–water partition coefficient (Wildman–Crippen LogP) is 3.35. The fourth-order valence-corrected chi connectivity index (χ4v) is 3.12. The Labute approximate surface area is 108 Å². The minimum absolute atomic E-state index is 0.225. The molecule has 2 nitrogen and oxygen atoms in total. The number of carbonyl (C=O) groups excluding carboxylic acids is 1. The fraction of sp³-hybridized carbons (Fsp3) is 0.923. The number of hydrogen-bond acceptors (Lipinski definition) is 1. The summed E-state index contributed by atoms with van der Waals surface area (Å²) < 4.78 is 0. The molecule has 0 aromatic heterocycles. The molecule has 1 aliphatic carbocycles. The summed E-state index contributed by atoms with van der Waals surface area (Å²) in [5.41, 5.74) is 0.535. The summed E-state index contributed by atoms with van der Waals surface area (Å²) in [4.78, 5) is 12.1. The number of alkyl halides is 1. The summed E-state index contributed by atoms with van der Waals surface area (Å²) in [5, 5.41) is 3.04. The smallest absolute Gasteiger partial charge is 0.223 e. The third kappa shape index (κ3) is 4.44. The van der Waals surface area contributed by atoms with E-state index in [0.29, 0.717) is 10.2 Å². The van der Waals surface area contributed by atoms with E-state index in [2.05, 4.69) is 55.9 Å². The van der Waals surface area contributed by atoms with E-state index < -0.39 is 0 Å². The number of nitrogens with one attached hydrogen (secondary N) is 1. The van der Waals surface area contributed by atoms with E-state index in [4.69, 9.17) is 0 Å². The van der Waals surface area contributed by atoms with Gasteiger partial charge in [-0.1, -0.05) is 50.5 Å². The van der Waals surface area contributed by atoms with Crippen LogP contribution in [0.3, 0.4) is 0 Å². The van der Waals surface area contributed by atoms with Gasteiger partial charge < -0.3 is 5.32 Å². The summed E-state index contributed by atoms with van der Waals surface area (Å²) in [6, 6.07) is 0. The molecule has 1 amide bonds. The van der Waals surface area contributed by atoms with Gasteiger partial charge in [0.05, 0.1) is 0 Å². The molecule has 1 saturated carbocycles. The number of carbonyl (C=O) groups is 1. The van der Waals surface area contributed by atoms with E-state index >= 15 is 0 Å². The van der Waals surface area contributed by atoms with Crippen LogP contribution >= 0.6 is 15.9 Å². The van der Waals surface area contributed by atoms with E-state index in [1.54, 1.807) is 0 Å². The molecule has 0 aromatic rings. The molecule has 16 heavy (non-hydrogen) atoms. The molecule has 2 unspecified atom stereocenters. The third-order valence-electron chi connectivity index (χ3n) is 3.16. The Bertz CT molecular complexity index is 268. The first-order valence-electron chi connectivity index (χ1n) is 6.04. The molecule has 0 heterocycles. The van der Waals surface area contributed by atoms with Crippen LogP contribution in [-0.2, 0) is 4.79 Å². The zero-order chi connectivity index (χ0) is 12.6. The third-order valence-corrected chi connectivity index (χ3v) is 3.81. The maximum Gasteiger partial charge on any atom is 0.223 e. The Morgan fingerprint density at radius 1 is 1.50 bits per heavy atom. The van der Waals surface area contributed by atoms with Gasteiger partial charge in [0.1, 0.15) is 0 Å². The second kappa shape index (κ2) is 4.67. The first kappa shape index (κ1) is 14.0. The largest absolute Gasteiger partial charge is 0.355 e. The number of amides is 1. The van der Waals surface area contributed by atoms with Crippen LogP contribution in [0, 0.1) is 16.7 Å². The van der Waals surface area contributed by atoms with Crippen molar-refractivity contribution in [2.24, 2.45) is 16.7 Å². The summed E-state index contributed by atoms with van der Waals surface area (Å²) >= 11 is 3.63. The highest BCUT2D eigenvalue weighted by molar-refractivity contribution is 9.09. The molecule has 0 spiro atoms. The van der Waals surface area contributed by atoms with Gasteiger partial charge in [0, 0.05) is 17.3 Å². The average molecular weight is 290 g/mol. The topological polar surface area (TPSA) is 29.1 Å². The second-order valence-corrected chi connectivity index (χ2v) is 8.15. The number of hydrogen-bond donors (Lipinski definition) is 1. The van der Waals surface area contributed by atoms with Crippen molar-refractivity contribution in [3.63, 3.8) is 0 Å². The molecule has 0 radical (unpaired) electrons. The fourth-order valence-electron chi connectivity index (χ4n) is 1.99. The lowest BCUT2D eigenvalue weighted by Crippen LogP contribution is -2.33. The molecule has 1 aliphatic rings. The number of halogens is 1. The summed E-state index contributed by atoms with van der Waals surface area (Å²) in [5.74, 6) is 0.463. The zero-order valence-corrected chi connectivity index (χ0v) is 12.6. The molecule has 94 valence electrons. The van der Waals surface area contributed by atoms with Gasteiger partial charge in [-0.15, -0.1) is 0 Å². The SMILES string of the molecule is CC(C)(C)CC(Br)CNC(=O)C1CC1(C)C. The van der Waals surface area contributed by atoms with Gasteiger partial charge in [-0.05, 0) is 23.7 Å². The Hall–Kier alpha value is -0.0500. The van der Waals surface area contributed by atoms with Gasteiger partial charge in [-0.3, -0.25) is 4.79 Å². The predicted molar refractivity (Wildman–Crippen MR) is 71.7 cm³/mol. The zero-order valence-electron chi connectivity index (χ0n) is 11.1. The highest BCUT2D eigenvalue weighted by atomic mass is 79.9. The monoisotopic (exact) mass is 289 g/mol. The van der Waals surface area contributed by atoms with Crippen LogP contribution in [0.15, 0.2) is 0 Å². The molecule has 0 aromatic carbocycles. The molecule has 1 fully saturated rings. The second-order valence-electron chi connectivity index (χ2n) is 6.85. The lowest BCUT2D eigenvalue weighted by Gasteiger charge is -2.22. The van der Waals surface area contributed by atoms with Crippen LogP contribution in [0.2, 0.25) is 0 Å². The first-order chi connectivity index (χ1) is 7.12. The number of rotatable bonds is 4. The summed E-state index contributed by atoms with van der Waals surface area (Å²) in [6.45, 7) is 11.7. The van der Waals surface area contributed by atoms with E-state index in [0.717, 1.165) is 19.4 Å². The molecule has 0 saturated heterocycles. The van der Waals surface area contributed by atoms with E-state index in [-0.39, 0.29) is 17.2 Å². The Kier molecular flexibility index (Phi) is 4.09. The van der Waals surface area contributed by atoms with Crippen LogP contribution in [-0.4, -0.2) is 17.3 Å². The lowest BCUT2D eigenvalue weighted by molar-refractivity contribution is -0.122. The standard InChI is InChI=1S/C13H24BrNO/c1-12(2,3)6-9(14)8-15-11(16)10-7-13(10,4)5/h9-10H,6-8H2,1-5H3,(H,15,16). The van der Waals surface area contributed by atoms with Gasteiger partial charge in [-0.2, -0.15) is 0 Å².